The number of carbonyl (C=O) groups is 2. The molecule has 2 aromatic rings. The van der Waals surface area contributed by atoms with Gasteiger partial charge in [0.25, 0.3) is 11.8 Å². The smallest absolute Gasteiger partial charge is 0.251 e. The maximum atomic E-state index is 12.0. The van der Waals surface area contributed by atoms with E-state index in [2.05, 4.69) is 20.6 Å². The second-order valence-electron chi connectivity index (χ2n) is 6.46. The number of rotatable bonds is 9. The van der Waals surface area contributed by atoms with Crippen LogP contribution in [0.3, 0.4) is 0 Å². The van der Waals surface area contributed by atoms with E-state index in [9.17, 15) is 9.59 Å². The Labute approximate surface area is 186 Å². The largest absolute Gasteiger partial charge is 0.350 e. The van der Waals surface area contributed by atoms with E-state index < -0.39 is 0 Å². The number of hydrogen-bond acceptors (Lipinski definition) is 4. The lowest BCUT2D eigenvalue weighted by atomic mass is 10.2. The first-order valence-corrected chi connectivity index (χ1v) is 10.2. The Bertz CT molecular complexity index is 846. The van der Waals surface area contributed by atoms with Crippen LogP contribution < -0.4 is 10.6 Å². The van der Waals surface area contributed by atoms with Gasteiger partial charge in [-0.1, -0.05) is 23.2 Å². The Hall–Kier alpha value is -2.70. The first-order valence-electron chi connectivity index (χ1n) is 9.47. The Morgan fingerprint density at radius 2 is 1.03 bits per heavy atom. The summed E-state index contributed by atoms with van der Waals surface area (Å²) in [6, 6.07) is 13.4. The maximum Gasteiger partial charge on any atom is 0.251 e. The zero-order valence-corrected chi connectivity index (χ0v) is 18.4. The number of amides is 2. The number of hydrogen-bond donors (Lipinski definition) is 2. The third-order valence-electron chi connectivity index (χ3n) is 4.23. The van der Waals surface area contributed by atoms with E-state index in [1.807, 2.05) is 13.8 Å². The van der Waals surface area contributed by atoms with Crippen LogP contribution in [0.4, 0.5) is 0 Å². The summed E-state index contributed by atoms with van der Waals surface area (Å²) in [6.45, 7) is 5.47. The average Bonchev–Trinajstić information content (AvgIpc) is 2.74. The van der Waals surface area contributed by atoms with Gasteiger partial charge in [-0.2, -0.15) is 0 Å². The molecule has 0 spiro atoms. The molecule has 0 aliphatic carbocycles. The second kappa shape index (κ2) is 12.1. The van der Waals surface area contributed by atoms with Crippen molar-refractivity contribution in [1.82, 2.24) is 10.6 Å². The van der Waals surface area contributed by atoms with Crippen LogP contribution >= 0.6 is 23.2 Å². The van der Waals surface area contributed by atoms with E-state index >= 15 is 0 Å². The maximum absolute atomic E-state index is 12.0. The van der Waals surface area contributed by atoms with E-state index in [1.165, 1.54) is 0 Å². The summed E-state index contributed by atoms with van der Waals surface area (Å²) in [5, 5.41) is 6.80. The molecule has 0 fully saturated rings. The van der Waals surface area contributed by atoms with Crippen molar-refractivity contribution < 1.29 is 9.59 Å². The number of benzene rings is 2. The molecule has 2 rings (SSSR count). The van der Waals surface area contributed by atoms with Crippen LogP contribution in [-0.2, 0) is 0 Å². The third kappa shape index (κ3) is 7.97. The highest BCUT2D eigenvalue weighted by molar-refractivity contribution is 6.40. The van der Waals surface area contributed by atoms with Crippen LogP contribution in [-0.4, -0.2) is 49.4 Å². The normalized spacial score (nSPS) is 11.9. The van der Waals surface area contributed by atoms with Crippen LogP contribution in [0.5, 0.6) is 0 Å². The van der Waals surface area contributed by atoms with E-state index in [0.717, 1.165) is 11.4 Å². The molecule has 2 N–H and O–H groups in total. The molecule has 6 nitrogen and oxygen atoms in total. The summed E-state index contributed by atoms with van der Waals surface area (Å²) < 4.78 is 0. The summed E-state index contributed by atoms with van der Waals surface area (Å²) in [5.74, 6) is -0.331. The molecule has 2 aromatic carbocycles. The topological polar surface area (TPSA) is 82.9 Å². The molecule has 2 amide bonds. The van der Waals surface area contributed by atoms with Crippen LogP contribution in [0.25, 0.3) is 0 Å². The highest BCUT2D eigenvalue weighted by atomic mass is 35.5. The van der Waals surface area contributed by atoms with Gasteiger partial charge < -0.3 is 10.6 Å². The van der Waals surface area contributed by atoms with Crippen molar-refractivity contribution in [2.75, 3.05) is 26.2 Å². The SMILES string of the molecule is CC(=NCCNC(=O)c1ccc(Cl)cc1)C(C)=NCCNC(=O)c1ccc(Cl)cc1. The lowest BCUT2D eigenvalue weighted by Gasteiger charge is -2.06. The van der Waals surface area contributed by atoms with E-state index in [0.29, 0.717) is 47.4 Å². The third-order valence-corrected chi connectivity index (χ3v) is 4.73. The molecule has 0 bridgehead atoms. The van der Waals surface area contributed by atoms with Gasteiger partial charge in [0.05, 0.1) is 24.5 Å². The number of carbonyl (C=O) groups excluding carboxylic acids is 2. The fourth-order valence-corrected chi connectivity index (χ4v) is 2.67. The fraction of sp³-hybridized carbons (Fsp3) is 0.273. The van der Waals surface area contributed by atoms with Crippen LogP contribution in [0.15, 0.2) is 58.5 Å². The Kier molecular flexibility index (Phi) is 9.51. The first kappa shape index (κ1) is 23.6. The molecule has 0 saturated heterocycles. The molecule has 8 heteroatoms. The van der Waals surface area contributed by atoms with Crippen LogP contribution in [0.1, 0.15) is 34.6 Å². The number of nitrogens with zero attached hydrogens (tertiary/aromatic N) is 2. The number of aliphatic imine (C=N–C) groups is 2. The Morgan fingerprint density at radius 1 is 0.700 bits per heavy atom. The van der Waals surface area contributed by atoms with Gasteiger partial charge in [0.15, 0.2) is 0 Å². The molecule has 0 aromatic heterocycles. The van der Waals surface area contributed by atoms with Gasteiger partial charge in [0, 0.05) is 34.3 Å². The van der Waals surface area contributed by atoms with Gasteiger partial charge in [0.1, 0.15) is 0 Å². The molecule has 0 unspecified atom stereocenters. The van der Waals surface area contributed by atoms with Gasteiger partial charge in [-0.05, 0) is 62.4 Å². The summed E-state index contributed by atoms with van der Waals surface area (Å²) >= 11 is 11.6. The molecule has 0 aliphatic heterocycles. The Balaban J connectivity index is 1.70. The average molecular weight is 447 g/mol. The minimum Gasteiger partial charge on any atom is -0.350 e. The highest BCUT2D eigenvalue weighted by Crippen LogP contribution is 2.10. The molecular weight excluding hydrogens is 423 g/mol. The van der Waals surface area contributed by atoms with Crippen molar-refractivity contribution in [1.29, 1.82) is 0 Å². The van der Waals surface area contributed by atoms with E-state index in [-0.39, 0.29) is 11.8 Å². The van der Waals surface area contributed by atoms with Crippen LogP contribution in [0, 0.1) is 0 Å². The molecule has 0 heterocycles. The predicted octanol–water partition coefficient (Wildman–Crippen LogP) is 4.08. The lowest BCUT2D eigenvalue weighted by molar-refractivity contribution is 0.0946. The zero-order chi connectivity index (χ0) is 21.9. The molecule has 0 aliphatic rings. The van der Waals surface area contributed by atoms with E-state index in [4.69, 9.17) is 23.2 Å². The predicted molar refractivity (Wildman–Crippen MR) is 124 cm³/mol. The number of halogens is 2. The van der Waals surface area contributed by atoms with Gasteiger partial charge >= 0.3 is 0 Å². The molecule has 30 heavy (non-hydrogen) atoms. The standard InChI is InChI=1S/C22H24Cl2N4O2/c1-15(25-11-13-27-21(29)17-3-7-19(23)8-4-17)16(2)26-12-14-28-22(30)18-5-9-20(24)10-6-18/h3-10H,11-14H2,1-2H3,(H,27,29)(H,28,30). The number of nitrogens with one attached hydrogen (secondary N) is 2. The quantitative estimate of drug-likeness (QED) is 0.449. The van der Waals surface area contributed by atoms with Crippen molar-refractivity contribution in [3.63, 3.8) is 0 Å². The summed E-state index contributed by atoms with van der Waals surface area (Å²) in [4.78, 5) is 32.9. The van der Waals surface area contributed by atoms with Crippen molar-refractivity contribution in [2.45, 2.75) is 13.8 Å². The monoisotopic (exact) mass is 446 g/mol. The summed E-state index contributed by atoms with van der Waals surface area (Å²) in [6.07, 6.45) is 0. The second-order valence-corrected chi connectivity index (χ2v) is 7.33. The molecular formula is C22H24Cl2N4O2. The summed E-state index contributed by atoms with van der Waals surface area (Å²) in [5.41, 5.74) is 2.69. The van der Waals surface area contributed by atoms with Crippen molar-refractivity contribution in [2.24, 2.45) is 9.98 Å². The summed E-state index contributed by atoms with van der Waals surface area (Å²) in [7, 11) is 0. The minimum atomic E-state index is -0.165. The van der Waals surface area contributed by atoms with Crippen molar-refractivity contribution in [3.05, 3.63) is 69.7 Å². The lowest BCUT2D eigenvalue weighted by Crippen LogP contribution is -2.27. The van der Waals surface area contributed by atoms with E-state index in [1.54, 1.807) is 48.5 Å². The van der Waals surface area contributed by atoms with Gasteiger partial charge in [-0.3, -0.25) is 19.6 Å². The molecule has 0 saturated carbocycles. The van der Waals surface area contributed by atoms with Gasteiger partial charge in [-0.15, -0.1) is 0 Å². The minimum absolute atomic E-state index is 0.165. The van der Waals surface area contributed by atoms with Gasteiger partial charge in [-0.25, -0.2) is 0 Å². The molecule has 158 valence electrons. The van der Waals surface area contributed by atoms with Crippen molar-refractivity contribution in [3.8, 4) is 0 Å². The molecule has 0 radical (unpaired) electrons. The van der Waals surface area contributed by atoms with Gasteiger partial charge in [0.2, 0.25) is 0 Å². The van der Waals surface area contributed by atoms with Crippen molar-refractivity contribution >= 4 is 46.4 Å². The fourth-order valence-electron chi connectivity index (χ4n) is 2.42. The molecule has 0 atom stereocenters. The Morgan fingerprint density at radius 3 is 1.37 bits per heavy atom. The first-order chi connectivity index (χ1) is 14.4. The highest BCUT2D eigenvalue weighted by Gasteiger charge is 2.05. The van der Waals surface area contributed by atoms with Crippen LogP contribution in [0.2, 0.25) is 10.0 Å². The zero-order valence-electron chi connectivity index (χ0n) is 16.9.